The van der Waals surface area contributed by atoms with Gasteiger partial charge in [-0.25, -0.2) is 4.98 Å². The molecule has 0 atom stereocenters. The summed E-state index contributed by atoms with van der Waals surface area (Å²) in [4.78, 5) is 27.4. The fourth-order valence-corrected chi connectivity index (χ4v) is 4.14. The van der Waals surface area contributed by atoms with Gasteiger partial charge in [0.25, 0.3) is 0 Å². The molecule has 1 aliphatic rings. The summed E-state index contributed by atoms with van der Waals surface area (Å²) >= 11 is 3.44. The molecule has 0 radical (unpaired) electrons. The lowest BCUT2D eigenvalue weighted by Gasteiger charge is -2.30. The van der Waals surface area contributed by atoms with Crippen LogP contribution in [0.25, 0.3) is 10.9 Å². The first-order valence-corrected chi connectivity index (χ1v) is 10.6. The van der Waals surface area contributed by atoms with Crippen LogP contribution in [0.15, 0.2) is 28.9 Å². The number of esters is 1. The molecule has 1 fully saturated rings. The highest BCUT2D eigenvalue weighted by molar-refractivity contribution is 9.10. The molecule has 2 aromatic rings. The van der Waals surface area contributed by atoms with Crippen LogP contribution in [-0.2, 0) is 9.53 Å². The van der Waals surface area contributed by atoms with E-state index < -0.39 is 10.5 Å². The lowest BCUT2D eigenvalue weighted by atomic mass is 9.84. The first-order chi connectivity index (χ1) is 13.6. The van der Waals surface area contributed by atoms with Crippen molar-refractivity contribution in [1.82, 2.24) is 4.98 Å². The van der Waals surface area contributed by atoms with Gasteiger partial charge in [-0.05, 0) is 70.6 Å². The second kappa shape index (κ2) is 8.65. The molecule has 1 heterocycles. The van der Waals surface area contributed by atoms with Gasteiger partial charge in [-0.1, -0.05) is 15.9 Å². The molecular weight excluding hydrogens is 438 g/mol. The maximum Gasteiger partial charge on any atom is 0.311 e. The van der Waals surface area contributed by atoms with Crippen LogP contribution in [0.4, 0.5) is 11.4 Å². The summed E-state index contributed by atoms with van der Waals surface area (Å²) in [5.74, 6) is 0.135. The number of fused-ring (bicyclic) bond motifs is 1. The minimum absolute atomic E-state index is 0.0218. The Hall–Kier alpha value is -2.22. The molecule has 7 nitrogen and oxygen atoms in total. The van der Waals surface area contributed by atoms with Crippen LogP contribution in [0.5, 0.6) is 0 Å². The number of benzene rings is 1. The zero-order valence-corrected chi connectivity index (χ0v) is 18.5. The Morgan fingerprint density at radius 3 is 2.62 bits per heavy atom. The number of carbonyl (C=O) groups excluding carboxylic acids is 1. The molecule has 29 heavy (non-hydrogen) atoms. The molecule has 1 aromatic carbocycles. The van der Waals surface area contributed by atoms with Crippen LogP contribution in [-0.4, -0.2) is 27.5 Å². The maximum absolute atomic E-state index is 12.1. The number of ether oxygens (including phenoxy) is 1. The molecule has 0 spiro atoms. The number of nitro groups is 1. The summed E-state index contributed by atoms with van der Waals surface area (Å²) in [6, 6.07) is 5.68. The first-order valence-electron chi connectivity index (χ1n) is 9.83. The molecule has 0 aliphatic heterocycles. The minimum Gasteiger partial charge on any atom is -0.460 e. The zero-order valence-electron chi connectivity index (χ0n) is 16.9. The van der Waals surface area contributed by atoms with E-state index in [1.807, 2.05) is 39.0 Å². The van der Waals surface area contributed by atoms with Crippen LogP contribution in [0.3, 0.4) is 0 Å². The monoisotopic (exact) mass is 463 g/mol. The van der Waals surface area contributed by atoms with Gasteiger partial charge >= 0.3 is 11.7 Å². The Kier molecular flexibility index (Phi) is 6.41. The predicted molar refractivity (Wildman–Crippen MR) is 116 cm³/mol. The quantitative estimate of drug-likeness (QED) is 0.351. The predicted octanol–water partition coefficient (Wildman–Crippen LogP) is 5.61. The Morgan fingerprint density at radius 1 is 1.31 bits per heavy atom. The van der Waals surface area contributed by atoms with E-state index in [1.54, 1.807) is 0 Å². The van der Waals surface area contributed by atoms with Crippen LogP contribution in [0.1, 0.15) is 52.9 Å². The minimum atomic E-state index is -0.467. The third-order valence-corrected chi connectivity index (χ3v) is 5.57. The summed E-state index contributed by atoms with van der Waals surface area (Å²) in [7, 11) is 0. The van der Waals surface area contributed by atoms with Crippen molar-refractivity contribution in [3.8, 4) is 0 Å². The third kappa shape index (κ3) is 5.65. The van der Waals surface area contributed by atoms with Crippen molar-refractivity contribution < 1.29 is 14.5 Å². The fraction of sp³-hybridized carbons (Fsp3) is 0.524. The van der Waals surface area contributed by atoms with Gasteiger partial charge in [-0.2, -0.15) is 0 Å². The maximum atomic E-state index is 12.1. The number of nitrogens with zero attached hydrogens (tertiary/aromatic N) is 2. The van der Waals surface area contributed by atoms with E-state index in [1.165, 1.54) is 6.20 Å². The highest BCUT2D eigenvalue weighted by Gasteiger charge is 2.27. The summed E-state index contributed by atoms with van der Waals surface area (Å²) in [6.07, 6.45) is 5.21. The van der Waals surface area contributed by atoms with Crippen molar-refractivity contribution in [1.29, 1.82) is 0 Å². The van der Waals surface area contributed by atoms with Crippen molar-refractivity contribution >= 4 is 44.2 Å². The van der Waals surface area contributed by atoms with Gasteiger partial charge in [0.15, 0.2) is 0 Å². The molecular formula is C21H26BrN3O4. The van der Waals surface area contributed by atoms with Crippen molar-refractivity contribution in [2.24, 2.45) is 5.92 Å². The number of carbonyl (C=O) groups is 1. The number of anilines is 1. The molecule has 1 aliphatic carbocycles. The Bertz CT molecular complexity index is 918. The average Bonchev–Trinajstić information content (AvgIpc) is 2.62. The largest absolute Gasteiger partial charge is 0.460 e. The average molecular weight is 464 g/mol. The van der Waals surface area contributed by atoms with Gasteiger partial charge in [-0.15, -0.1) is 0 Å². The summed E-state index contributed by atoms with van der Waals surface area (Å²) in [6.45, 7) is 5.61. The number of nitrogens with one attached hydrogen (secondary N) is 1. The number of rotatable bonds is 5. The SMILES string of the molecule is CC(C)(C)OC(=O)CC1CCC(Nc2c([N+](=O)[O-])cnc3ccc(Br)cc23)CC1. The molecule has 1 N–H and O–H groups in total. The van der Waals surface area contributed by atoms with E-state index in [2.05, 4.69) is 26.2 Å². The normalized spacial score (nSPS) is 19.7. The molecule has 1 aromatic heterocycles. The van der Waals surface area contributed by atoms with Crippen LogP contribution < -0.4 is 5.32 Å². The highest BCUT2D eigenvalue weighted by atomic mass is 79.9. The van der Waals surface area contributed by atoms with E-state index in [4.69, 9.17) is 4.74 Å². The summed E-state index contributed by atoms with van der Waals surface area (Å²) in [5.41, 5.74) is 0.731. The van der Waals surface area contributed by atoms with E-state index >= 15 is 0 Å². The standard InChI is InChI=1S/C21H26BrN3O4/c1-21(2,3)29-19(26)10-13-4-7-15(8-5-13)24-20-16-11-14(22)6-9-17(16)23-12-18(20)25(27)28/h6,9,11-13,15H,4-5,7-8,10H2,1-3H3,(H,23,24). The molecule has 0 unspecified atom stereocenters. The van der Waals surface area contributed by atoms with E-state index in [9.17, 15) is 14.9 Å². The van der Waals surface area contributed by atoms with Crippen molar-refractivity contribution in [3.63, 3.8) is 0 Å². The number of hydrogen-bond acceptors (Lipinski definition) is 6. The Balaban J connectivity index is 1.70. The van der Waals surface area contributed by atoms with Gasteiger partial charge in [-0.3, -0.25) is 14.9 Å². The number of aromatic nitrogens is 1. The Morgan fingerprint density at radius 2 is 2.00 bits per heavy atom. The molecule has 0 amide bonds. The van der Waals surface area contributed by atoms with Crippen LogP contribution in [0.2, 0.25) is 0 Å². The second-order valence-electron chi connectivity index (χ2n) is 8.59. The van der Waals surface area contributed by atoms with Gasteiger partial charge in [0.05, 0.1) is 10.4 Å². The topological polar surface area (TPSA) is 94.4 Å². The van der Waals surface area contributed by atoms with Gasteiger partial charge < -0.3 is 10.1 Å². The van der Waals surface area contributed by atoms with Crippen LogP contribution >= 0.6 is 15.9 Å². The van der Waals surface area contributed by atoms with Crippen molar-refractivity contribution in [2.45, 2.75) is 64.5 Å². The fourth-order valence-electron chi connectivity index (χ4n) is 3.78. The molecule has 8 heteroatoms. The molecule has 156 valence electrons. The summed E-state index contributed by atoms with van der Waals surface area (Å²) in [5, 5.41) is 15.7. The zero-order chi connectivity index (χ0) is 21.2. The number of pyridine rings is 1. The molecule has 0 bridgehead atoms. The van der Waals surface area contributed by atoms with Crippen molar-refractivity contribution in [3.05, 3.63) is 39.0 Å². The number of hydrogen-bond donors (Lipinski definition) is 1. The lowest BCUT2D eigenvalue weighted by Crippen LogP contribution is -2.29. The molecule has 3 rings (SSSR count). The smallest absolute Gasteiger partial charge is 0.311 e. The van der Waals surface area contributed by atoms with Gasteiger partial charge in [0.1, 0.15) is 17.5 Å². The van der Waals surface area contributed by atoms with Gasteiger partial charge in [0.2, 0.25) is 0 Å². The van der Waals surface area contributed by atoms with E-state index in [-0.39, 0.29) is 17.7 Å². The lowest BCUT2D eigenvalue weighted by molar-refractivity contribution is -0.384. The second-order valence-corrected chi connectivity index (χ2v) is 9.51. The van der Waals surface area contributed by atoms with E-state index in [0.717, 1.165) is 35.5 Å². The first kappa shape index (κ1) is 21.5. The molecule has 0 saturated heterocycles. The van der Waals surface area contributed by atoms with E-state index in [0.29, 0.717) is 23.5 Å². The van der Waals surface area contributed by atoms with Crippen molar-refractivity contribution in [2.75, 3.05) is 5.32 Å². The number of halogens is 1. The van der Waals surface area contributed by atoms with Gasteiger partial charge in [0, 0.05) is 22.3 Å². The highest BCUT2D eigenvalue weighted by Crippen LogP contribution is 2.36. The third-order valence-electron chi connectivity index (χ3n) is 5.08. The Labute approximate surface area is 178 Å². The van der Waals surface area contributed by atoms with Crippen LogP contribution in [0, 0.1) is 16.0 Å². The summed E-state index contributed by atoms with van der Waals surface area (Å²) < 4.78 is 6.27. The molecule has 1 saturated carbocycles.